The molecule has 2 atom stereocenters. The molecule has 0 aliphatic heterocycles. The Morgan fingerprint density at radius 2 is 2.04 bits per heavy atom. The van der Waals surface area contributed by atoms with Crippen molar-refractivity contribution in [3.05, 3.63) is 35.7 Å². The van der Waals surface area contributed by atoms with Gasteiger partial charge < -0.3 is 5.11 Å². The fourth-order valence-electron chi connectivity index (χ4n) is 1.85. The maximum absolute atomic E-state index is 12.4. The normalized spacial score (nSPS) is 15.4. The fraction of sp³-hybridized carbons (Fsp3) is 0.444. The lowest BCUT2D eigenvalue weighted by Gasteiger charge is -2.29. The van der Waals surface area contributed by atoms with E-state index in [4.69, 9.17) is 0 Å². The van der Waals surface area contributed by atoms with E-state index in [1.165, 1.54) is 0 Å². The molecule has 0 fully saturated rings. The van der Waals surface area contributed by atoms with Gasteiger partial charge in [0.15, 0.2) is 0 Å². The predicted octanol–water partition coefficient (Wildman–Crippen LogP) is 2.75. The van der Waals surface area contributed by atoms with Gasteiger partial charge >= 0.3 is 5.97 Å². The number of aromatic nitrogens is 1. The molecule has 0 aliphatic carbocycles. The largest absolute Gasteiger partial charge is 0.481 e. The zero-order valence-corrected chi connectivity index (χ0v) is 15.5. The van der Waals surface area contributed by atoms with Crippen LogP contribution < -0.4 is 4.72 Å². The van der Waals surface area contributed by atoms with Crippen LogP contribution in [0.15, 0.2) is 24.5 Å². The average Bonchev–Trinajstić information content (AvgIpc) is 2.44. The molecule has 0 aliphatic rings. The van der Waals surface area contributed by atoms with Crippen LogP contribution in [0.4, 0.5) is 0 Å². The van der Waals surface area contributed by atoms with Crippen molar-refractivity contribution < 1.29 is 14.1 Å². The molecule has 1 aromatic rings. The smallest absolute Gasteiger partial charge is 0.305 e. The van der Waals surface area contributed by atoms with E-state index in [0.29, 0.717) is 0 Å². The fourth-order valence-corrected chi connectivity index (χ4v) is 2.72. The Labute approximate surface area is 146 Å². The quantitative estimate of drug-likeness (QED) is 0.775. The first kappa shape index (κ1) is 20.1. The first-order chi connectivity index (χ1) is 11.1. The number of hydrogen-bond acceptors (Lipinski definition) is 3. The van der Waals surface area contributed by atoms with Crippen molar-refractivity contribution in [3.63, 3.8) is 0 Å². The Kier molecular flexibility index (Phi) is 6.88. The van der Waals surface area contributed by atoms with Crippen LogP contribution in [0.5, 0.6) is 0 Å². The zero-order valence-electron chi connectivity index (χ0n) is 14.7. The summed E-state index contributed by atoms with van der Waals surface area (Å²) in [6.45, 7) is 8.95. The first-order valence-electron chi connectivity index (χ1n) is 7.54. The molecule has 1 rings (SSSR count). The van der Waals surface area contributed by atoms with Crippen LogP contribution in [0.25, 0.3) is 6.08 Å². The number of pyridine rings is 1. The summed E-state index contributed by atoms with van der Waals surface area (Å²) in [5.74, 6) is 4.76. The summed E-state index contributed by atoms with van der Waals surface area (Å²) >= 11 is 0. The van der Waals surface area contributed by atoms with Crippen LogP contribution in [-0.4, -0.2) is 30.6 Å². The Hall–Kier alpha value is -1.97. The van der Waals surface area contributed by atoms with Gasteiger partial charge in [-0.3, -0.25) is 9.78 Å². The second kappa shape index (κ2) is 8.22. The van der Waals surface area contributed by atoms with Gasteiger partial charge in [0.1, 0.15) is 0 Å². The van der Waals surface area contributed by atoms with E-state index in [1.807, 2.05) is 26.8 Å². The van der Waals surface area contributed by atoms with E-state index in [9.17, 15) is 14.1 Å². The van der Waals surface area contributed by atoms with Gasteiger partial charge in [0.05, 0.1) is 27.7 Å². The molecule has 2 N–H and O–H groups in total. The van der Waals surface area contributed by atoms with Crippen molar-refractivity contribution in [1.82, 2.24) is 9.71 Å². The van der Waals surface area contributed by atoms with E-state index < -0.39 is 27.2 Å². The number of aliphatic carboxylic acids is 1. The summed E-state index contributed by atoms with van der Waals surface area (Å²) in [4.78, 5) is 15.3. The van der Waals surface area contributed by atoms with Crippen LogP contribution in [0.1, 0.15) is 52.2 Å². The van der Waals surface area contributed by atoms with Crippen LogP contribution in [0, 0.1) is 11.8 Å². The molecule has 5 nitrogen and oxygen atoms in total. The van der Waals surface area contributed by atoms with E-state index in [2.05, 4.69) is 21.5 Å². The summed E-state index contributed by atoms with van der Waals surface area (Å²) in [6.07, 6.45) is 6.62. The summed E-state index contributed by atoms with van der Waals surface area (Å²) in [6, 6.07) is 1.86. The first-order valence-corrected chi connectivity index (χ1v) is 8.69. The second-order valence-corrected chi connectivity index (χ2v) is 8.65. The van der Waals surface area contributed by atoms with Gasteiger partial charge in [0.2, 0.25) is 0 Å². The molecule has 0 saturated carbocycles. The van der Waals surface area contributed by atoms with E-state index >= 15 is 0 Å². The predicted molar refractivity (Wildman–Crippen MR) is 97.5 cm³/mol. The van der Waals surface area contributed by atoms with Gasteiger partial charge in [0, 0.05) is 18.0 Å². The Morgan fingerprint density at radius 3 is 2.58 bits per heavy atom. The minimum absolute atomic E-state index is 0.187. The van der Waals surface area contributed by atoms with Gasteiger partial charge in [-0.05, 0) is 46.2 Å². The summed E-state index contributed by atoms with van der Waals surface area (Å²) < 4.78 is 14.8. The summed E-state index contributed by atoms with van der Waals surface area (Å²) in [5.41, 5.74) is 0.636. The number of carboxylic acids is 1. The molecule has 0 aromatic carbocycles. The molecule has 0 amide bonds. The molecule has 0 spiro atoms. The third-order valence-corrected chi connectivity index (χ3v) is 4.84. The molecule has 1 aromatic heterocycles. The van der Waals surface area contributed by atoms with E-state index in [1.54, 1.807) is 38.4 Å². The Balaban J connectivity index is 3.07. The van der Waals surface area contributed by atoms with Crippen molar-refractivity contribution in [3.8, 4) is 11.8 Å². The second-order valence-electron chi connectivity index (χ2n) is 6.69. The third-order valence-electron chi connectivity index (χ3n) is 3.07. The lowest BCUT2D eigenvalue weighted by molar-refractivity contribution is -0.137. The highest BCUT2D eigenvalue weighted by molar-refractivity contribution is 7.84. The standard InChI is InChI=1S/C18H24N2O3S/c1-6-7-14-10-15(13-19-12-14)8-9-18(5,11-16(21)22)20-24(23)17(2,3)4/h8-10,12-13,20H,11H2,1-5H3,(H,21,22)/b9-8+/t18-,24-/m1/s1. The van der Waals surface area contributed by atoms with E-state index in [0.717, 1.165) is 11.1 Å². The van der Waals surface area contributed by atoms with Gasteiger partial charge in [-0.15, -0.1) is 5.92 Å². The van der Waals surface area contributed by atoms with Crippen molar-refractivity contribution in [2.75, 3.05) is 0 Å². The number of rotatable bonds is 6. The third kappa shape index (κ3) is 6.65. The van der Waals surface area contributed by atoms with Gasteiger partial charge in [-0.1, -0.05) is 18.1 Å². The Morgan fingerprint density at radius 1 is 1.38 bits per heavy atom. The molecule has 24 heavy (non-hydrogen) atoms. The number of hydrogen-bond donors (Lipinski definition) is 2. The lowest BCUT2D eigenvalue weighted by atomic mass is 9.98. The van der Waals surface area contributed by atoms with Crippen molar-refractivity contribution in [2.24, 2.45) is 0 Å². The lowest BCUT2D eigenvalue weighted by Crippen LogP contribution is -2.48. The minimum atomic E-state index is -1.39. The molecular formula is C18H24N2O3S. The van der Waals surface area contributed by atoms with Crippen LogP contribution in [-0.2, 0) is 15.8 Å². The number of nitrogens with one attached hydrogen (secondary N) is 1. The molecule has 0 saturated heterocycles. The highest BCUT2D eigenvalue weighted by atomic mass is 32.2. The topological polar surface area (TPSA) is 79.3 Å². The molecular weight excluding hydrogens is 324 g/mol. The molecule has 0 bridgehead atoms. The van der Waals surface area contributed by atoms with E-state index in [-0.39, 0.29) is 6.42 Å². The molecule has 6 heteroatoms. The maximum atomic E-state index is 12.4. The highest BCUT2D eigenvalue weighted by Gasteiger charge is 2.31. The van der Waals surface area contributed by atoms with Crippen LogP contribution >= 0.6 is 0 Å². The van der Waals surface area contributed by atoms with Crippen molar-refractivity contribution in [1.29, 1.82) is 0 Å². The molecule has 0 unspecified atom stereocenters. The summed E-state index contributed by atoms with van der Waals surface area (Å²) in [5, 5.41) is 9.17. The molecule has 0 radical (unpaired) electrons. The molecule has 130 valence electrons. The van der Waals surface area contributed by atoms with Crippen molar-refractivity contribution in [2.45, 2.75) is 51.3 Å². The SMILES string of the molecule is CC#Cc1cncc(/C=C/[C@](C)(CC(=O)O)N[S@](=O)C(C)(C)C)c1. The number of carboxylic acid groups (broad SMARTS) is 1. The zero-order chi connectivity index (χ0) is 18.4. The van der Waals surface area contributed by atoms with Crippen LogP contribution in [0.2, 0.25) is 0 Å². The van der Waals surface area contributed by atoms with Gasteiger partial charge in [-0.25, -0.2) is 8.93 Å². The minimum Gasteiger partial charge on any atom is -0.481 e. The summed E-state index contributed by atoms with van der Waals surface area (Å²) in [7, 11) is -1.39. The highest BCUT2D eigenvalue weighted by Crippen LogP contribution is 2.19. The van der Waals surface area contributed by atoms with Gasteiger partial charge in [0.25, 0.3) is 0 Å². The Bertz CT molecular complexity index is 711. The van der Waals surface area contributed by atoms with Gasteiger partial charge in [-0.2, -0.15) is 0 Å². The average molecular weight is 348 g/mol. The maximum Gasteiger partial charge on any atom is 0.305 e. The number of nitrogens with zero attached hydrogens (tertiary/aromatic N) is 1. The van der Waals surface area contributed by atoms with Crippen LogP contribution in [0.3, 0.4) is 0 Å². The van der Waals surface area contributed by atoms with Crippen molar-refractivity contribution >= 4 is 23.0 Å². The molecule has 1 heterocycles. The number of carbonyl (C=O) groups is 1. The monoisotopic (exact) mass is 348 g/mol.